The van der Waals surface area contributed by atoms with Crippen molar-refractivity contribution in [3.63, 3.8) is 0 Å². The van der Waals surface area contributed by atoms with E-state index < -0.39 is 21.8 Å². The highest BCUT2D eigenvalue weighted by Gasteiger charge is 2.18. The van der Waals surface area contributed by atoms with E-state index in [1.54, 1.807) is 0 Å². The van der Waals surface area contributed by atoms with Crippen LogP contribution in [-0.4, -0.2) is 36.3 Å². The monoisotopic (exact) mass is 258 g/mol. The molecule has 0 saturated heterocycles. The summed E-state index contributed by atoms with van der Waals surface area (Å²) in [7, 11) is -3.64. The predicted octanol–water partition coefficient (Wildman–Crippen LogP) is 0.877. The van der Waals surface area contributed by atoms with Crippen molar-refractivity contribution in [1.29, 1.82) is 0 Å². The van der Waals surface area contributed by atoms with Crippen molar-refractivity contribution in [3.8, 4) is 0 Å². The largest absolute Gasteiger partial charge is 0.478 e. The van der Waals surface area contributed by atoms with Gasteiger partial charge in [-0.15, -0.1) is 0 Å². The highest BCUT2D eigenvalue weighted by molar-refractivity contribution is 7.91. The van der Waals surface area contributed by atoms with Gasteiger partial charge >= 0.3 is 11.9 Å². The van der Waals surface area contributed by atoms with Crippen molar-refractivity contribution in [2.75, 3.05) is 5.75 Å². The number of benzene rings is 1. The summed E-state index contributed by atoms with van der Waals surface area (Å²) in [4.78, 5) is 21.2. The molecule has 92 valence electrons. The first-order valence-corrected chi connectivity index (χ1v) is 6.27. The van der Waals surface area contributed by atoms with Crippen molar-refractivity contribution in [1.82, 2.24) is 0 Å². The molecule has 0 saturated carbocycles. The molecular formula is C10H10O6S. The van der Waals surface area contributed by atoms with Crippen molar-refractivity contribution in [3.05, 3.63) is 29.3 Å². The maximum atomic E-state index is 11.6. The van der Waals surface area contributed by atoms with E-state index in [1.165, 1.54) is 6.92 Å². The Kier molecular flexibility index (Phi) is 3.52. The van der Waals surface area contributed by atoms with E-state index in [0.717, 1.165) is 18.2 Å². The second kappa shape index (κ2) is 4.54. The summed E-state index contributed by atoms with van der Waals surface area (Å²) < 4.78 is 23.1. The average Bonchev–Trinajstić information content (AvgIpc) is 2.28. The minimum Gasteiger partial charge on any atom is -0.478 e. The fraction of sp³-hybridized carbons (Fsp3) is 0.200. The van der Waals surface area contributed by atoms with E-state index in [2.05, 4.69) is 0 Å². The number of rotatable bonds is 4. The number of carboxylic acids is 2. The van der Waals surface area contributed by atoms with Gasteiger partial charge in [-0.05, 0) is 18.2 Å². The van der Waals surface area contributed by atoms with E-state index >= 15 is 0 Å². The van der Waals surface area contributed by atoms with Gasteiger partial charge in [0.2, 0.25) is 0 Å². The van der Waals surface area contributed by atoms with E-state index in [-0.39, 0.29) is 21.8 Å². The Morgan fingerprint density at radius 1 is 1.06 bits per heavy atom. The van der Waals surface area contributed by atoms with Crippen LogP contribution in [0.2, 0.25) is 0 Å². The molecule has 17 heavy (non-hydrogen) atoms. The molecule has 0 spiro atoms. The standard InChI is InChI=1S/C10H10O6S/c1-2-17(15,16)8-4-6(9(11)12)3-7(5-8)10(13)14/h3-5H,2H2,1H3,(H,11,12)(H,13,14). The number of hydrogen-bond donors (Lipinski definition) is 2. The van der Waals surface area contributed by atoms with Crippen LogP contribution in [0.15, 0.2) is 23.1 Å². The number of sulfone groups is 1. The van der Waals surface area contributed by atoms with Crippen LogP contribution in [0.3, 0.4) is 0 Å². The smallest absolute Gasteiger partial charge is 0.335 e. The molecule has 0 atom stereocenters. The van der Waals surface area contributed by atoms with Crippen LogP contribution in [0, 0.1) is 0 Å². The average molecular weight is 258 g/mol. The predicted molar refractivity (Wildman–Crippen MR) is 58.1 cm³/mol. The van der Waals surface area contributed by atoms with Crippen LogP contribution < -0.4 is 0 Å². The molecule has 1 aromatic carbocycles. The van der Waals surface area contributed by atoms with Gasteiger partial charge in [-0.2, -0.15) is 0 Å². The Morgan fingerprint density at radius 3 is 1.76 bits per heavy atom. The normalized spacial score (nSPS) is 11.1. The molecular weight excluding hydrogens is 248 g/mol. The molecule has 0 aliphatic heterocycles. The minimum atomic E-state index is -3.64. The first-order chi connectivity index (χ1) is 7.77. The number of aromatic carboxylic acids is 2. The second-order valence-corrected chi connectivity index (χ2v) is 5.54. The summed E-state index contributed by atoms with van der Waals surface area (Å²) in [5.74, 6) is -2.98. The zero-order valence-corrected chi connectivity index (χ0v) is 9.69. The van der Waals surface area contributed by atoms with Gasteiger partial charge < -0.3 is 10.2 Å². The third-order valence-corrected chi connectivity index (χ3v) is 3.85. The molecule has 1 rings (SSSR count). The van der Waals surface area contributed by atoms with E-state index in [9.17, 15) is 18.0 Å². The van der Waals surface area contributed by atoms with Gasteiger partial charge in [0.05, 0.1) is 21.8 Å². The van der Waals surface area contributed by atoms with E-state index in [1.807, 2.05) is 0 Å². The molecule has 0 fully saturated rings. The number of carboxylic acid groups (broad SMARTS) is 2. The lowest BCUT2D eigenvalue weighted by atomic mass is 10.1. The Balaban J connectivity index is 3.53. The fourth-order valence-corrected chi connectivity index (χ4v) is 2.14. The van der Waals surface area contributed by atoms with Crippen LogP contribution in [0.1, 0.15) is 27.6 Å². The summed E-state index contributed by atoms with van der Waals surface area (Å²) in [5.41, 5.74) is -0.728. The number of hydrogen-bond acceptors (Lipinski definition) is 4. The fourth-order valence-electron chi connectivity index (χ4n) is 1.19. The zero-order chi connectivity index (χ0) is 13.2. The van der Waals surface area contributed by atoms with Crippen LogP contribution >= 0.6 is 0 Å². The molecule has 0 heterocycles. The lowest BCUT2D eigenvalue weighted by molar-refractivity contribution is 0.0696. The molecule has 0 amide bonds. The highest BCUT2D eigenvalue weighted by Crippen LogP contribution is 2.17. The SMILES string of the molecule is CCS(=O)(=O)c1cc(C(=O)O)cc(C(=O)O)c1. The van der Waals surface area contributed by atoms with Crippen molar-refractivity contribution in [2.24, 2.45) is 0 Å². The van der Waals surface area contributed by atoms with Gasteiger partial charge in [-0.3, -0.25) is 0 Å². The summed E-state index contributed by atoms with van der Waals surface area (Å²) in [6.45, 7) is 1.39. The molecule has 0 bridgehead atoms. The Labute approximate surface area is 97.4 Å². The van der Waals surface area contributed by atoms with E-state index in [0.29, 0.717) is 0 Å². The van der Waals surface area contributed by atoms with Crippen molar-refractivity contribution >= 4 is 21.8 Å². The Bertz CT molecular complexity index is 540. The minimum absolute atomic E-state index is 0.227. The molecule has 0 aliphatic carbocycles. The van der Waals surface area contributed by atoms with Crippen LogP contribution in [0.25, 0.3) is 0 Å². The molecule has 0 unspecified atom stereocenters. The molecule has 2 N–H and O–H groups in total. The summed E-state index contributed by atoms with van der Waals surface area (Å²) >= 11 is 0. The summed E-state index contributed by atoms with van der Waals surface area (Å²) in [6.07, 6.45) is 0. The Morgan fingerprint density at radius 2 is 1.47 bits per heavy atom. The highest BCUT2D eigenvalue weighted by atomic mass is 32.2. The second-order valence-electron chi connectivity index (χ2n) is 3.26. The first kappa shape index (κ1) is 13.2. The third kappa shape index (κ3) is 2.82. The lowest BCUT2D eigenvalue weighted by Gasteiger charge is -2.05. The summed E-state index contributed by atoms with van der Waals surface area (Å²) in [5, 5.41) is 17.5. The van der Waals surface area contributed by atoms with Crippen molar-refractivity contribution in [2.45, 2.75) is 11.8 Å². The van der Waals surface area contributed by atoms with Crippen LogP contribution in [0.5, 0.6) is 0 Å². The molecule has 0 aliphatic rings. The van der Waals surface area contributed by atoms with Gasteiger partial charge in [0.25, 0.3) is 0 Å². The molecule has 0 aromatic heterocycles. The van der Waals surface area contributed by atoms with Gasteiger partial charge in [0.15, 0.2) is 9.84 Å². The first-order valence-electron chi connectivity index (χ1n) is 4.62. The van der Waals surface area contributed by atoms with Gasteiger partial charge in [-0.25, -0.2) is 18.0 Å². The number of carbonyl (C=O) groups is 2. The zero-order valence-electron chi connectivity index (χ0n) is 8.87. The van der Waals surface area contributed by atoms with Gasteiger partial charge in [0.1, 0.15) is 0 Å². The third-order valence-electron chi connectivity index (χ3n) is 2.14. The topological polar surface area (TPSA) is 109 Å². The maximum Gasteiger partial charge on any atom is 0.335 e. The maximum absolute atomic E-state index is 11.6. The van der Waals surface area contributed by atoms with Gasteiger partial charge in [0, 0.05) is 0 Å². The molecule has 0 radical (unpaired) electrons. The molecule has 6 nitrogen and oxygen atoms in total. The lowest BCUT2D eigenvalue weighted by Crippen LogP contribution is -2.09. The van der Waals surface area contributed by atoms with E-state index in [4.69, 9.17) is 10.2 Å². The van der Waals surface area contributed by atoms with Crippen LogP contribution in [-0.2, 0) is 9.84 Å². The van der Waals surface area contributed by atoms with Crippen LogP contribution in [0.4, 0.5) is 0 Å². The molecule has 1 aromatic rings. The Hall–Kier alpha value is -1.89. The summed E-state index contributed by atoms with van der Waals surface area (Å²) in [6, 6.07) is 2.82. The molecule has 7 heteroatoms. The van der Waals surface area contributed by atoms with Crippen molar-refractivity contribution < 1.29 is 28.2 Å². The van der Waals surface area contributed by atoms with Gasteiger partial charge in [-0.1, -0.05) is 6.92 Å². The quantitative estimate of drug-likeness (QED) is 0.829.